The maximum atomic E-state index is 11.3. The first kappa shape index (κ1) is 12.7. The molecular formula is C11H14O4S. The van der Waals surface area contributed by atoms with Crippen LogP contribution in [0.2, 0.25) is 0 Å². The van der Waals surface area contributed by atoms with E-state index in [9.17, 15) is 13.2 Å². The molecule has 88 valence electrons. The summed E-state index contributed by atoms with van der Waals surface area (Å²) < 4.78 is 27.9. The minimum absolute atomic E-state index is 0.0691. The molecule has 0 heterocycles. The lowest BCUT2D eigenvalue weighted by Gasteiger charge is -2.05. The Bertz CT molecular complexity index is 436. The smallest absolute Gasteiger partial charge is 0.160 e. The second-order valence-electron chi connectivity index (χ2n) is 3.46. The van der Waals surface area contributed by atoms with Gasteiger partial charge in [-0.1, -0.05) is 18.2 Å². The minimum Gasteiger partial charge on any atom is -0.493 e. The number of hydrogen-bond acceptors (Lipinski definition) is 4. The van der Waals surface area contributed by atoms with E-state index in [1.54, 1.807) is 24.3 Å². The highest BCUT2D eigenvalue weighted by Gasteiger charge is 2.13. The van der Waals surface area contributed by atoms with Gasteiger partial charge in [0.15, 0.2) is 9.84 Å². The van der Waals surface area contributed by atoms with Gasteiger partial charge in [-0.3, -0.25) is 4.79 Å². The molecule has 0 bridgehead atoms. The first-order chi connectivity index (χ1) is 7.49. The minimum atomic E-state index is -3.33. The molecule has 0 aliphatic rings. The van der Waals surface area contributed by atoms with E-state index in [1.165, 1.54) is 6.92 Å². The normalized spacial score (nSPS) is 11.1. The number of sulfone groups is 1. The van der Waals surface area contributed by atoms with Gasteiger partial charge in [0.25, 0.3) is 0 Å². The van der Waals surface area contributed by atoms with Gasteiger partial charge in [0.05, 0.1) is 5.75 Å². The van der Waals surface area contributed by atoms with E-state index in [4.69, 9.17) is 4.74 Å². The average molecular weight is 242 g/mol. The Kier molecular flexibility index (Phi) is 4.49. The van der Waals surface area contributed by atoms with Gasteiger partial charge in [0.2, 0.25) is 0 Å². The first-order valence-electron chi connectivity index (χ1n) is 4.87. The third kappa shape index (κ3) is 4.93. The SMILES string of the molecule is CC(=O)CS(=O)(=O)CCOc1ccccc1. The van der Waals surface area contributed by atoms with Crippen molar-refractivity contribution in [3.63, 3.8) is 0 Å². The monoisotopic (exact) mass is 242 g/mol. The molecule has 1 rings (SSSR count). The summed E-state index contributed by atoms with van der Waals surface area (Å²) in [6.07, 6.45) is 0. The Morgan fingerprint density at radius 3 is 2.44 bits per heavy atom. The number of para-hydroxylation sites is 1. The maximum Gasteiger partial charge on any atom is 0.160 e. The van der Waals surface area contributed by atoms with Gasteiger partial charge < -0.3 is 4.74 Å². The van der Waals surface area contributed by atoms with Crippen LogP contribution in [0.1, 0.15) is 6.92 Å². The van der Waals surface area contributed by atoms with Gasteiger partial charge in [-0.15, -0.1) is 0 Å². The van der Waals surface area contributed by atoms with Gasteiger partial charge in [-0.2, -0.15) is 0 Å². The fourth-order valence-electron chi connectivity index (χ4n) is 1.19. The highest BCUT2D eigenvalue weighted by molar-refractivity contribution is 7.92. The van der Waals surface area contributed by atoms with Crippen LogP contribution in [-0.4, -0.2) is 32.3 Å². The predicted molar refractivity (Wildman–Crippen MR) is 61.3 cm³/mol. The topological polar surface area (TPSA) is 60.4 Å². The third-order valence-electron chi connectivity index (χ3n) is 1.83. The summed E-state index contributed by atoms with van der Waals surface area (Å²) in [6, 6.07) is 8.95. The molecule has 0 unspecified atom stereocenters. The van der Waals surface area contributed by atoms with Crippen molar-refractivity contribution in [1.29, 1.82) is 0 Å². The van der Waals surface area contributed by atoms with Crippen LogP contribution in [0, 0.1) is 0 Å². The largest absolute Gasteiger partial charge is 0.493 e. The molecule has 4 nitrogen and oxygen atoms in total. The molecule has 0 aromatic heterocycles. The maximum absolute atomic E-state index is 11.3. The van der Waals surface area contributed by atoms with Crippen LogP contribution in [0.25, 0.3) is 0 Å². The summed E-state index contributed by atoms with van der Waals surface area (Å²) in [5, 5.41) is 0. The lowest BCUT2D eigenvalue weighted by Crippen LogP contribution is -2.20. The number of benzene rings is 1. The van der Waals surface area contributed by atoms with Gasteiger partial charge in [0.1, 0.15) is 23.9 Å². The lowest BCUT2D eigenvalue weighted by atomic mass is 10.3. The van der Waals surface area contributed by atoms with Crippen LogP contribution in [0.4, 0.5) is 0 Å². The molecule has 0 aliphatic carbocycles. The Morgan fingerprint density at radius 2 is 1.88 bits per heavy atom. The average Bonchev–Trinajstić information content (AvgIpc) is 2.16. The fraction of sp³-hybridized carbons (Fsp3) is 0.364. The lowest BCUT2D eigenvalue weighted by molar-refractivity contribution is -0.114. The summed E-state index contributed by atoms with van der Waals surface area (Å²) in [6.45, 7) is 1.33. The molecule has 0 saturated heterocycles. The van der Waals surface area contributed by atoms with Gasteiger partial charge in [-0.05, 0) is 19.1 Å². The number of carbonyl (C=O) groups excluding carboxylic acids is 1. The number of rotatable bonds is 6. The number of carbonyl (C=O) groups is 1. The Morgan fingerprint density at radius 1 is 1.25 bits per heavy atom. The number of ether oxygens (including phenoxy) is 1. The summed E-state index contributed by atoms with van der Waals surface area (Å²) in [4.78, 5) is 10.7. The van der Waals surface area contributed by atoms with Crippen molar-refractivity contribution in [2.45, 2.75) is 6.92 Å². The van der Waals surface area contributed by atoms with Gasteiger partial charge >= 0.3 is 0 Å². The van der Waals surface area contributed by atoms with Crippen LogP contribution in [0.3, 0.4) is 0 Å². The first-order valence-corrected chi connectivity index (χ1v) is 6.69. The van der Waals surface area contributed by atoms with Crippen molar-refractivity contribution in [3.05, 3.63) is 30.3 Å². The van der Waals surface area contributed by atoms with Gasteiger partial charge in [-0.25, -0.2) is 8.42 Å². The Balaban J connectivity index is 2.39. The standard InChI is InChI=1S/C11H14O4S/c1-10(12)9-16(13,14)8-7-15-11-5-3-2-4-6-11/h2-6H,7-9H2,1H3. The second-order valence-corrected chi connectivity index (χ2v) is 5.64. The molecule has 1 aromatic carbocycles. The van der Waals surface area contributed by atoms with Crippen molar-refractivity contribution in [2.75, 3.05) is 18.1 Å². The highest BCUT2D eigenvalue weighted by Crippen LogP contribution is 2.08. The van der Waals surface area contributed by atoms with Crippen LogP contribution < -0.4 is 4.74 Å². The second kappa shape index (κ2) is 5.65. The molecule has 0 fully saturated rings. The van der Waals surface area contributed by atoms with E-state index in [0.29, 0.717) is 5.75 Å². The van der Waals surface area contributed by atoms with E-state index >= 15 is 0 Å². The number of ketones is 1. The van der Waals surface area contributed by atoms with E-state index in [0.717, 1.165) is 0 Å². The predicted octanol–water partition coefficient (Wildman–Crippen LogP) is 1.07. The van der Waals surface area contributed by atoms with E-state index in [-0.39, 0.29) is 18.1 Å². The molecular weight excluding hydrogens is 228 g/mol. The van der Waals surface area contributed by atoms with E-state index in [1.807, 2.05) is 6.07 Å². The molecule has 0 aliphatic heterocycles. The van der Waals surface area contributed by atoms with Crippen molar-refractivity contribution in [1.82, 2.24) is 0 Å². The van der Waals surface area contributed by atoms with Crippen LogP contribution in [0.15, 0.2) is 30.3 Å². The zero-order valence-electron chi connectivity index (χ0n) is 9.05. The zero-order chi connectivity index (χ0) is 12.0. The Hall–Kier alpha value is -1.36. The zero-order valence-corrected chi connectivity index (χ0v) is 9.87. The van der Waals surface area contributed by atoms with E-state index < -0.39 is 15.6 Å². The van der Waals surface area contributed by atoms with Crippen molar-refractivity contribution in [3.8, 4) is 5.75 Å². The molecule has 0 saturated carbocycles. The quantitative estimate of drug-likeness (QED) is 0.748. The highest BCUT2D eigenvalue weighted by atomic mass is 32.2. The van der Waals surface area contributed by atoms with Crippen molar-refractivity contribution in [2.24, 2.45) is 0 Å². The molecule has 0 N–H and O–H groups in total. The van der Waals surface area contributed by atoms with Crippen molar-refractivity contribution >= 4 is 15.6 Å². The van der Waals surface area contributed by atoms with Crippen LogP contribution in [-0.2, 0) is 14.6 Å². The third-order valence-corrected chi connectivity index (χ3v) is 3.46. The molecule has 16 heavy (non-hydrogen) atoms. The molecule has 0 amide bonds. The Labute approximate surface area is 95.2 Å². The fourth-order valence-corrected chi connectivity index (χ4v) is 2.29. The van der Waals surface area contributed by atoms with Gasteiger partial charge in [0, 0.05) is 0 Å². The number of Topliss-reactive ketones (excluding diaryl/α,β-unsaturated/α-hetero) is 1. The van der Waals surface area contributed by atoms with Crippen LogP contribution in [0.5, 0.6) is 5.75 Å². The number of hydrogen-bond donors (Lipinski definition) is 0. The van der Waals surface area contributed by atoms with E-state index in [2.05, 4.69) is 0 Å². The molecule has 5 heteroatoms. The molecule has 0 radical (unpaired) electrons. The molecule has 0 spiro atoms. The summed E-state index contributed by atoms with van der Waals surface area (Å²) >= 11 is 0. The molecule has 1 aromatic rings. The summed E-state index contributed by atoms with van der Waals surface area (Å²) in [5.41, 5.74) is 0. The summed E-state index contributed by atoms with van der Waals surface area (Å²) in [5.74, 6) is -0.271. The van der Waals surface area contributed by atoms with Crippen molar-refractivity contribution < 1.29 is 17.9 Å². The molecule has 0 atom stereocenters. The van der Waals surface area contributed by atoms with Crippen LogP contribution >= 0.6 is 0 Å². The summed E-state index contributed by atoms with van der Waals surface area (Å²) in [7, 11) is -3.33.